The molecule has 1 aromatic carbocycles. The maximum atomic E-state index is 13.8. The summed E-state index contributed by atoms with van der Waals surface area (Å²) in [5, 5.41) is 12.8. The Kier molecular flexibility index (Phi) is 5.20. The molecular formula is C16H24FNO. The van der Waals surface area contributed by atoms with Crippen LogP contribution in [0.1, 0.15) is 63.5 Å². The first-order valence-corrected chi connectivity index (χ1v) is 7.41. The second kappa shape index (κ2) is 6.90. The Bertz CT molecular complexity index is 400. The van der Waals surface area contributed by atoms with E-state index in [9.17, 15) is 9.50 Å². The molecule has 106 valence electrons. The number of rotatable bonds is 3. The summed E-state index contributed by atoms with van der Waals surface area (Å²) in [6, 6.07) is 4.89. The molecule has 1 unspecified atom stereocenters. The van der Waals surface area contributed by atoms with Gasteiger partial charge in [0.1, 0.15) is 11.6 Å². The van der Waals surface area contributed by atoms with Gasteiger partial charge in [-0.15, -0.1) is 0 Å². The molecule has 1 aromatic rings. The van der Waals surface area contributed by atoms with E-state index < -0.39 is 0 Å². The number of benzene rings is 1. The SMILES string of the molecule is CC(NC1CCCCCCC1)c1ccc(O)cc1F. The maximum Gasteiger partial charge on any atom is 0.131 e. The first-order chi connectivity index (χ1) is 9.16. The molecule has 0 radical (unpaired) electrons. The molecule has 2 nitrogen and oxygen atoms in total. The monoisotopic (exact) mass is 265 g/mol. The Morgan fingerprint density at radius 3 is 2.42 bits per heavy atom. The molecule has 0 aromatic heterocycles. The second-order valence-corrected chi connectivity index (χ2v) is 5.64. The molecule has 0 amide bonds. The Balaban J connectivity index is 1.96. The predicted molar refractivity (Wildman–Crippen MR) is 75.7 cm³/mol. The number of phenolic OH excluding ortho intramolecular Hbond substituents is 1. The van der Waals surface area contributed by atoms with Crippen molar-refractivity contribution in [3.63, 3.8) is 0 Å². The van der Waals surface area contributed by atoms with Crippen molar-refractivity contribution in [3.05, 3.63) is 29.6 Å². The maximum absolute atomic E-state index is 13.8. The first-order valence-electron chi connectivity index (χ1n) is 7.41. The van der Waals surface area contributed by atoms with Crippen LogP contribution in [0.4, 0.5) is 4.39 Å². The first kappa shape index (κ1) is 14.3. The molecule has 1 aliphatic carbocycles. The Labute approximate surface area is 115 Å². The van der Waals surface area contributed by atoms with Crippen LogP contribution in [0, 0.1) is 5.82 Å². The minimum Gasteiger partial charge on any atom is -0.508 e. The number of aromatic hydroxyl groups is 1. The van der Waals surface area contributed by atoms with Gasteiger partial charge < -0.3 is 10.4 Å². The lowest BCUT2D eigenvalue weighted by Crippen LogP contribution is -2.32. The fourth-order valence-electron chi connectivity index (χ4n) is 2.93. The van der Waals surface area contributed by atoms with Crippen LogP contribution in [0.5, 0.6) is 5.75 Å². The molecule has 0 bridgehead atoms. The summed E-state index contributed by atoms with van der Waals surface area (Å²) in [4.78, 5) is 0. The predicted octanol–water partition coefficient (Wildman–Crippen LogP) is 4.29. The lowest BCUT2D eigenvalue weighted by Gasteiger charge is -2.25. The number of hydrogen-bond acceptors (Lipinski definition) is 2. The van der Waals surface area contributed by atoms with E-state index in [0.29, 0.717) is 11.6 Å². The molecule has 0 saturated heterocycles. The van der Waals surface area contributed by atoms with Crippen LogP contribution in [0.2, 0.25) is 0 Å². The van der Waals surface area contributed by atoms with Gasteiger partial charge in [-0.3, -0.25) is 0 Å². The van der Waals surface area contributed by atoms with E-state index in [1.165, 1.54) is 51.0 Å². The fraction of sp³-hybridized carbons (Fsp3) is 0.625. The Morgan fingerprint density at radius 2 is 1.79 bits per heavy atom. The lowest BCUT2D eigenvalue weighted by atomic mass is 9.95. The summed E-state index contributed by atoms with van der Waals surface area (Å²) >= 11 is 0. The van der Waals surface area contributed by atoms with Crippen molar-refractivity contribution in [2.45, 2.75) is 64.0 Å². The van der Waals surface area contributed by atoms with Crippen molar-refractivity contribution in [2.75, 3.05) is 0 Å². The topological polar surface area (TPSA) is 32.3 Å². The van der Waals surface area contributed by atoms with Crippen molar-refractivity contribution in [3.8, 4) is 5.75 Å². The molecule has 19 heavy (non-hydrogen) atoms. The van der Waals surface area contributed by atoms with Crippen molar-refractivity contribution in [1.29, 1.82) is 0 Å². The zero-order valence-electron chi connectivity index (χ0n) is 11.7. The van der Waals surface area contributed by atoms with Crippen LogP contribution in [0.15, 0.2) is 18.2 Å². The highest BCUT2D eigenvalue weighted by molar-refractivity contribution is 5.29. The van der Waals surface area contributed by atoms with Crippen LogP contribution >= 0.6 is 0 Å². The molecular weight excluding hydrogens is 241 g/mol. The van der Waals surface area contributed by atoms with E-state index >= 15 is 0 Å². The van der Waals surface area contributed by atoms with E-state index in [2.05, 4.69) is 5.32 Å². The molecule has 3 heteroatoms. The van der Waals surface area contributed by atoms with E-state index in [1.54, 1.807) is 12.1 Å². The minimum absolute atomic E-state index is 0.00923. The average molecular weight is 265 g/mol. The third-order valence-corrected chi connectivity index (χ3v) is 4.04. The van der Waals surface area contributed by atoms with Crippen LogP contribution in [0.3, 0.4) is 0 Å². The standard InChI is InChI=1S/C16H24FNO/c1-12(15-10-9-14(19)11-16(15)17)18-13-7-5-3-2-4-6-8-13/h9-13,18-19H,2-8H2,1H3. The number of hydrogen-bond donors (Lipinski definition) is 2. The molecule has 2 N–H and O–H groups in total. The number of phenols is 1. The fourth-order valence-corrected chi connectivity index (χ4v) is 2.93. The smallest absolute Gasteiger partial charge is 0.131 e. The van der Waals surface area contributed by atoms with E-state index in [0.717, 1.165) is 0 Å². The molecule has 1 fully saturated rings. The van der Waals surface area contributed by atoms with Gasteiger partial charge in [0.25, 0.3) is 0 Å². The van der Waals surface area contributed by atoms with Crippen molar-refractivity contribution >= 4 is 0 Å². The van der Waals surface area contributed by atoms with Crippen LogP contribution in [-0.4, -0.2) is 11.1 Å². The van der Waals surface area contributed by atoms with Crippen molar-refractivity contribution in [2.24, 2.45) is 0 Å². The van der Waals surface area contributed by atoms with E-state index in [1.807, 2.05) is 6.92 Å². The lowest BCUT2D eigenvalue weighted by molar-refractivity contribution is 0.358. The molecule has 0 heterocycles. The van der Waals surface area contributed by atoms with E-state index in [4.69, 9.17) is 0 Å². The van der Waals surface area contributed by atoms with E-state index in [-0.39, 0.29) is 17.6 Å². The van der Waals surface area contributed by atoms with Gasteiger partial charge in [0.15, 0.2) is 0 Å². The van der Waals surface area contributed by atoms with Crippen LogP contribution in [-0.2, 0) is 0 Å². The molecule has 1 atom stereocenters. The van der Waals surface area contributed by atoms with Gasteiger partial charge in [-0.25, -0.2) is 4.39 Å². The number of nitrogens with one attached hydrogen (secondary N) is 1. The van der Waals surface area contributed by atoms with Gasteiger partial charge in [0.2, 0.25) is 0 Å². The zero-order chi connectivity index (χ0) is 13.7. The third-order valence-electron chi connectivity index (χ3n) is 4.04. The quantitative estimate of drug-likeness (QED) is 0.854. The van der Waals surface area contributed by atoms with Crippen LogP contribution in [0.25, 0.3) is 0 Å². The molecule has 1 saturated carbocycles. The highest BCUT2D eigenvalue weighted by Crippen LogP contribution is 2.24. The summed E-state index contributed by atoms with van der Waals surface area (Å²) < 4.78 is 13.8. The average Bonchev–Trinajstić information content (AvgIpc) is 2.32. The van der Waals surface area contributed by atoms with Gasteiger partial charge in [-0.1, -0.05) is 38.2 Å². The van der Waals surface area contributed by atoms with Gasteiger partial charge in [-0.2, -0.15) is 0 Å². The van der Waals surface area contributed by atoms with Gasteiger partial charge in [0, 0.05) is 23.7 Å². The highest BCUT2D eigenvalue weighted by atomic mass is 19.1. The van der Waals surface area contributed by atoms with Gasteiger partial charge in [-0.05, 0) is 25.8 Å². The third kappa shape index (κ3) is 4.20. The summed E-state index contributed by atoms with van der Waals surface area (Å²) in [5.74, 6) is -0.342. The molecule has 2 rings (SSSR count). The summed E-state index contributed by atoms with van der Waals surface area (Å²) in [7, 11) is 0. The van der Waals surface area contributed by atoms with Gasteiger partial charge >= 0.3 is 0 Å². The highest BCUT2D eigenvalue weighted by Gasteiger charge is 2.17. The molecule has 0 aliphatic heterocycles. The largest absolute Gasteiger partial charge is 0.508 e. The normalized spacial score (nSPS) is 19.7. The number of halogens is 1. The van der Waals surface area contributed by atoms with Crippen LogP contribution < -0.4 is 5.32 Å². The molecule has 0 spiro atoms. The second-order valence-electron chi connectivity index (χ2n) is 5.64. The van der Waals surface area contributed by atoms with Crippen molar-refractivity contribution < 1.29 is 9.50 Å². The molecule has 1 aliphatic rings. The van der Waals surface area contributed by atoms with Crippen molar-refractivity contribution in [1.82, 2.24) is 5.32 Å². The zero-order valence-corrected chi connectivity index (χ0v) is 11.7. The van der Waals surface area contributed by atoms with Gasteiger partial charge in [0.05, 0.1) is 0 Å². The Hall–Kier alpha value is -1.09. The summed E-state index contributed by atoms with van der Waals surface area (Å²) in [6.45, 7) is 1.99. The minimum atomic E-state index is -0.328. The summed E-state index contributed by atoms with van der Waals surface area (Å²) in [5.41, 5.74) is 0.639. The summed E-state index contributed by atoms with van der Waals surface area (Å²) in [6.07, 6.45) is 8.90. The Morgan fingerprint density at radius 1 is 1.16 bits per heavy atom.